The molecular weight excluding hydrogens is 331 g/mol. The summed E-state index contributed by atoms with van der Waals surface area (Å²) >= 11 is 18.1. The molecule has 5 heteroatoms. The maximum atomic E-state index is 6.30. The van der Waals surface area contributed by atoms with E-state index in [1.54, 1.807) is 6.07 Å². The van der Waals surface area contributed by atoms with Crippen LogP contribution >= 0.6 is 34.8 Å². The average Bonchev–Trinajstić information content (AvgIpc) is 2.48. The third-order valence-electron chi connectivity index (χ3n) is 3.04. The molecule has 114 valence electrons. The van der Waals surface area contributed by atoms with Crippen molar-refractivity contribution < 1.29 is 9.47 Å². The lowest BCUT2D eigenvalue weighted by atomic mass is 10.1. The molecule has 0 heterocycles. The number of ether oxygens (including phenoxy) is 2. The largest absolute Gasteiger partial charge is 0.492 e. The Labute approximate surface area is 139 Å². The summed E-state index contributed by atoms with van der Waals surface area (Å²) in [5, 5.41) is 2.31. The lowest BCUT2D eigenvalue weighted by molar-refractivity contribution is 0.315. The van der Waals surface area contributed by atoms with Crippen LogP contribution in [0.5, 0.6) is 11.5 Å². The minimum absolute atomic E-state index is 0.119. The second-order valence-corrected chi connectivity index (χ2v) is 5.95. The van der Waals surface area contributed by atoms with E-state index in [0.717, 1.165) is 10.8 Å². The Hall–Kier alpha value is -0.830. The highest BCUT2D eigenvalue weighted by molar-refractivity contribution is 6.33. The van der Waals surface area contributed by atoms with Gasteiger partial charge in [0.25, 0.3) is 0 Å². The molecule has 0 radical (unpaired) electrons. The summed E-state index contributed by atoms with van der Waals surface area (Å²) in [6.45, 7) is 2.88. The number of hydrogen-bond donors (Lipinski definition) is 0. The SMILES string of the molecule is CCOc1c(Cl)cc(OCC(Cl)CCCl)c2ccccc12. The summed E-state index contributed by atoms with van der Waals surface area (Å²) in [4.78, 5) is 0. The van der Waals surface area contributed by atoms with Crippen molar-refractivity contribution in [1.82, 2.24) is 0 Å². The Morgan fingerprint density at radius 2 is 1.86 bits per heavy atom. The van der Waals surface area contributed by atoms with Gasteiger partial charge in [-0.1, -0.05) is 35.9 Å². The van der Waals surface area contributed by atoms with Crippen molar-refractivity contribution in [2.45, 2.75) is 18.7 Å². The van der Waals surface area contributed by atoms with Gasteiger partial charge in [0.2, 0.25) is 0 Å². The molecule has 0 aromatic heterocycles. The molecule has 21 heavy (non-hydrogen) atoms. The smallest absolute Gasteiger partial charge is 0.145 e. The van der Waals surface area contributed by atoms with E-state index in [0.29, 0.717) is 42.0 Å². The molecule has 0 fully saturated rings. The first-order valence-corrected chi connectivity index (χ1v) is 8.19. The van der Waals surface area contributed by atoms with Gasteiger partial charge in [-0.15, -0.1) is 23.2 Å². The van der Waals surface area contributed by atoms with Gasteiger partial charge < -0.3 is 9.47 Å². The summed E-state index contributed by atoms with van der Waals surface area (Å²) < 4.78 is 11.5. The van der Waals surface area contributed by atoms with Gasteiger partial charge in [0, 0.05) is 22.7 Å². The van der Waals surface area contributed by atoms with Crippen molar-refractivity contribution in [3.8, 4) is 11.5 Å². The van der Waals surface area contributed by atoms with Gasteiger partial charge in [0.15, 0.2) is 0 Å². The minimum Gasteiger partial charge on any atom is -0.492 e. The molecule has 0 spiro atoms. The molecule has 0 aliphatic heterocycles. The van der Waals surface area contributed by atoms with Crippen molar-refractivity contribution in [2.75, 3.05) is 19.1 Å². The summed E-state index contributed by atoms with van der Waals surface area (Å²) in [5.41, 5.74) is 0. The zero-order valence-electron chi connectivity index (χ0n) is 11.7. The van der Waals surface area contributed by atoms with Crippen LogP contribution in [0.15, 0.2) is 30.3 Å². The zero-order chi connectivity index (χ0) is 15.2. The van der Waals surface area contributed by atoms with Crippen LogP contribution in [0.25, 0.3) is 10.8 Å². The Morgan fingerprint density at radius 1 is 1.14 bits per heavy atom. The predicted octanol–water partition coefficient (Wildman–Crippen LogP) is 5.51. The van der Waals surface area contributed by atoms with Crippen molar-refractivity contribution in [1.29, 1.82) is 0 Å². The second kappa shape index (κ2) is 7.98. The summed E-state index contributed by atoms with van der Waals surface area (Å²) in [5.74, 6) is 1.91. The number of halogens is 3. The van der Waals surface area contributed by atoms with Gasteiger partial charge >= 0.3 is 0 Å². The van der Waals surface area contributed by atoms with E-state index in [-0.39, 0.29) is 5.38 Å². The molecule has 0 bridgehead atoms. The lowest BCUT2D eigenvalue weighted by Gasteiger charge is -2.16. The van der Waals surface area contributed by atoms with Crippen LogP contribution in [0.1, 0.15) is 13.3 Å². The summed E-state index contributed by atoms with van der Waals surface area (Å²) in [6.07, 6.45) is 0.700. The van der Waals surface area contributed by atoms with E-state index >= 15 is 0 Å². The van der Waals surface area contributed by atoms with Gasteiger partial charge in [-0.3, -0.25) is 0 Å². The third kappa shape index (κ3) is 4.09. The van der Waals surface area contributed by atoms with E-state index in [1.165, 1.54) is 0 Å². The molecule has 2 nitrogen and oxygen atoms in total. The molecule has 2 aromatic carbocycles. The standard InChI is InChI=1S/C16H17Cl3O2/c1-2-20-16-13-6-4-3-5-12(13)15(9-14(16)19)21-10-11(18)7-8-17/h3-6,9,11H,2,7-8,10H2,1H3. The Balaban J connectivity index is 2.34. The molecule has 0 aliphatic rings. The van der Waals surface area contributed by atoms with E-state index in [1.807, 2.05) is 31.2 Å². The first kappa shape index (κ1) is 16.5. The van der Waals surface area contributed by atoms with E-state index in [2.05, 4.69) is 0 Å². The maximum absolute atomic E-state index is 6.30. The van der Waals surface area contributed by atoms with E-state index in [4.69, 9.17) is 44.3 Å². The van der Waals surface area contributed by atoms with Crippen molar-refractivity contribution >= 4 is 45.6 Å². The molecule has 0 saturated heterocycles. The normalized spacial score (nSPS) is 12.4. The highest BCUT2D eigenvalue weighted by Gasteiger charge is 2.14. The number of rotatable bonds is 7. The molecule has 2 aromatic rings. The van der Waals surface area contributed by atoms with Crippen LogP contribution in [0, 0.1) is 0 Å². The van der Waals surface area contributed by atoms with Gasteiger partial charge in [-0.2, -0.15) is 0 Å². The summed E-state index contributed by atoms with van der Waals surface area (Å²) in [6, 6.07) is 9.63. The van der Waals surface area contributed by atoms with Crippen molar-refractivity contribution in [2.24, 2.45) is 0 Å². The van der Waals surface area contributed by atoms with Crippen molar-refractivity contribution in [3.63, 3.8) is 0 Å². The minimum atomic E-state index is -0.119. The number of hydrogen-bond acceptors (Lipinski definition) is 2. The van der Waals surface area contributed by atoms with Crippen LogP contribution in [0.2, 0.25) is 5.02 Å². The lowest BCUT2D eigenvalue weighted by Crippen LogP contribution is -2.12. The third-order valence-corrected chi connectivity index (χ3v) is 3.89. The molecule has 0 N–H and O–H groups in total. The van der Waals surface area contributed by atoms with Crippen LogP contribution in [-0.4, -0.2) is 24.5 Å². The van der Waals surface area contributed by atoms with Crippen LogP contribution in [0.4, 0.5) is 0 Å². The molecular formula is C16H17Cl3O2. The Kier molecular flexibility index (Phi) is 6.28. The van der Waals surface area contributed by atoms with E-state index < -0.39 is 0 Å². The van der Waals surface area contributed by atoms with E-state index in [9.17, 15) is 0 Å². The van der Waals surface area contributed by atoms with Crippen LogP contribution in [-0.2, 0) is 0 Å². The van der Waals surface area contributed by atoms with Gasteiger partial charge in [0.1, 0.15) is 18.1 Å². The molecule has 2 rings (SSSR count). The maximum Gasteiger partial charge on any atom is 0.145 e. The monoisotopic (exact) mass is 346 g/mol. The first-order valence-electron chi connectivity index (χ1n) is 6.84. The van der Waals surface area contributed by atoms with Gasteiger partial charge in [0.05, 0.1) is 17.0 Å². The van der Waals surface area contributed by atoms with Gasteiger partial charge in [-0.05, 0) is 13.3 Å². The number of alkyl halides is 2. The summed E-state index contributed by atoms with van der Waals surface area (Å²) in [7, 11) is 0. The van der Waals surface area contributed by atoms with Crippen molar-refractivity contribution in [3.05, 3.63) is 35.4 Å². The fourth-order valence-electron chi connectivity index (χ4n) is 2.08. The average molecular weight is 348 g/mol. The molecule has 1 atom stereocenters. The molecule has 0 saturated carbocycles. The quantitative estimate of drug-likeness (QED) is 0.615. The van der Waals surface area contributed by atoms with Gasteiger partial charge in [-0.25, -0.2) is 0 Å². The Morgan fingerprint density at radius 3 is 2.52 bits per heavy atom. The second-order valence-electron chi connectivity index (χ2n) is 4.55. The highest BCUT2D eigenvalue weighted by atomic mass is 35.5. The van der Waals surface area contributed by atoms with Crippen LogP contribution in [0.3, 0.4) is 0 Å². The molecule has 0 amide bonds. The fraction of sp³-hybridized carbons (Fsp3) is 0.375. The van der Waals surface area contributed by atoms with Crippen LogP contribution < -0.4 is 9.47 Å². The molecule has 0 aliphatic carbocycles. The topological polar surface area (TPSA) is 18.5 Å². The highest BCUT2D eigenvalue weighted by Crippen LogP contribution is 2.39. The number of fused-ring (bicyclic) bond motifs is 1. The first-order chi connectivity index (χ1) is 10.2. The molecule has 1 unspecified atom stereocenters. The Bertz CT molecular complexity index is 601. The fourth-order valence-corrected chi connectivity index (χ4v) is 2.88. The number of benzene rings is 2. The zero-order valence-corrected chi connectivity index (χ0v) is 14.0. The predicted molar refractivity (Wildman–Crippen MR) is 90.6 cm³/mol.